The van der Waals surface area contributed by atoms with Crippen molar-refractivity contribution in [2.45, 2.75) is 51.9 Å². The molecule has 1 nitrogen and oxygen atoms in total. The van der Waals surface area contributed by atoms with Crippen molar-refractivity contribution in [1.82, 2.24) is 0 Å². The largest absolute Gasteiger partial charge is 0.398 e. The Balaban J connectivity index is 1.90. The molecule has 0 unspecified atom stereocenters. The van der Waals surface area contributed by atoms with Gasteiger partial charge in [0.25, 0.3) is 0 Å². The summed E-state index contributed by atoms with van der Waals surface area (Å²) in [7, 11) is 0. The number of fused-ring (bicyclic) bond motifs is 1. The average Bonchev–Trinajstić information content (AvgIpc) is 2.65. The van der Waals surface area contributed by atoms with E-state index in [4.69, 9.17) is 5.73 Å². The van der Waals surface area contributed by atoms with E-state index in [0.29, 0.717) is 0 Å². The van der Waals surface area contributed by atoms with E-state index < -0.39 is 0 Å². The number of benzene rings is 3. The minimum absolute atomic E-state index is 0.922. The van der Waals surface area contributed by atoms with Gasteiger partial charge in [0.05, 0.1) is 0 Å². The first-order chi connectivity index (χ1) is 12.3. The molecule has 130 valence electrons. The Morgan fingerprint density at radius 2 is 1.44 bits per heavy atom. The van der Waals surface area contributed by atoms with Crippen molar-refractivity contribution in [1.29, 1.82) is 0 Å². The highest BCUT2D eigenvalue weighted by atomic mass is 14.6. The van der Waals surface area contributed by atoms with Crippen LogP contribution < -0.4 is 5.73 Å². The Hall–Kier alpha value is -2.28. The first-order valence-electron chi connectivity index (χ1n) is 9.66. The van der Waals surface area contributed by atoms with Gasteiger partial charge < -0.3 is 5.73 Å². The van der Waals surface area contributed by atoms with Crippen LogP contribution in [-0.4, -0.2) is 0 Å². The quantitative estimate of drug-likeness (QED) is 0.349. The van der Waals surface area contributed by atoms with Crippen LogP contribution in [0.15, 0.2) is 60.7 Å². The van der Waals surface area contributed by atoms with E-state index in [2.05, 4.69) is 67.6 Å². The zero-order chi connectivity index (χ0) is 17.5. The molecule has 0 spiro atoms. The lowest BCUT2D eigenvalue weighted by Gasteiger charge is -2.16. The maximum absolute atomic E-state index is 6.62. The van der Waals surface area contributed by atoms with E-state index in [1.165, 1.54) is 60.6 Å². The van der Waals surface area contributed by atoms with Gasteiger partial charge in [0.2, 0.25) is 0 Å². The van der Waals surface area contributed by atoms with Crippen LogP contribution in [0.2, 0.25) is 0 Å². The Labute approximate surface area is 151 Å². The molecule has 0 heterocycles. The zero-order valence-electron chi connectivity index (χ0n) is 15.3. The van der Waals surface area contributed by atoms with Crippen molar-refractivity contribution >= 4 is 16.5 Å². The average molecular weight is 332 g/mol. The molecular weight excluding hydrogens is 302 g/mol. The first-order valence-corrected chi connectivity index (χ1v) is 9.66. The molecule has 0 amide bonds. The Kier molecular flexibility index (Phi) is 6.11. The minimum atomic E-state index is 0.922. The topological polar surface area (TPSA) is 26.0 Å². The normalized spacial score (nSPS) is 11.1. The molecule has 0 aromatic heterocycles. The van der Waals surface area contributed by atoms with E-state index in [1.54, 1.807) is 0 Å². The van der Waals surface area contributed by atoms with E-state index in [9.17, 15) is 0 Å². The number of hydrogen-bond donors (Lipinski definition) is 1. The van der Waals surface area contributed by atoms with E-state index in [0.717, 1.165) is 17.5 Å². The van der Waals surface area contributed by atoms with Crippen molar-refractivity contribution < 1.29 is 0 Å². The number of aryl methyl sites for hydroxylation is 1. The Morgan fingerprint density at radius 3 is 2.24 bits per heavy atom. The van der Waals surface area contributed by atoms with Crippen molar-refractivity contribution in [3.8, 4) is 11.1 Å². The fourth-order valence-electron chi connectivity index (χ4n) is 3.67. The molecule has 0 aliphatic heterocycles. The molecule has 0 aliphatic carbocycles. The number of nitrogen functional groups attached to an aromatic ring is 1. The lowest BCUT2D eigenvalue weighted by Crippen LogP contribution is -1.98. The molecule has 3 rings (SSSR count). The molecule has 3 aromatic rings. The van der Waals surface area contributed by atoms with E-state index in [-0.39, 0.29) is 0 Å². The molecule has 25 heavy (non-hydrogen) atoms. The molecule has 0 fully saturated rings. The van der Waals surface area contributed by atoms with Crippen LogP contribution >= 0.6 is 0 Å². The van der Waals surface area contributed by atoms with Gasteiger partial charge in [0.1, 0.15) is 0 Å². The summed E-state index contributed by atoms with van der Waals surface area (Å²) >= 11 is 0. The van der Waals surface area contributed by atoms with Gasteiger partial charge in [-0.05, 0) is 29.4 Å². The predicted octanol–water partition coefficient (Wildman–Crippen LogP) is 6.99. The van der Waals surface area contributed by atoms with Crippen molar-refractivity contribution in [2.75, 3.05) is 5.73 Å². The van der Waals surface area contributed by atoms with Crippen LogP contribution in [-0.2, 0) is 6.42 Å². The molecule has 0 atom stereocenters. The summed E-state index contributed by atoms with van der Waals surface area (Å²) in [5.41, 5.74) is 11.4. The van der Waals surface area contributed by atoms with Gasteiger partial charge >= 0.3 is 0 Å². The lowest BCUT2D eigenvalue weighted by molar-refractivity contribution is 0.608. The van der Waals surface area contributed by atoms with Gasteiger partial charge in [-0.25, -0.2) is 0 Å². The van der Waals surface area contributed by atoms with Gasteiger partial charge in [-0.3, -0.25) is 0 Å². The van der Waals surface area contributed by atoms with E-state index >= 15 is 0 Å². The summed E-state index contributed by atoms with van der Waals surface area (Å²) in [6.07, 6.45) is 9.02. The third kappa shape index (κ3) is 4.22. The molecule has 2 N–H and O–H groups in total. The fraction of sp³-hybridized carbons (Fsp3) is 0.333. The van der Waals surface area contributed by atoms with Crippen molar-refractivity contribution in [3.63, 3.8) is 0 Å². The summed E-state index contributed by atoms with van der Waals surface area (Å²) in [6, 6.07) is 21.4. The molecule has 0 saturated carbocycles. The summed E-state index contributed by atoms with van der Waals surface area (Å²) in [6.45, 7) is 2.27. The van der Waals surface area contributed by atoms with Crippen molar-refractivity contribution in [3.05, 3.63) is 66.2 Å². The predicted molar refractivity (Wildman–Crippen MR) is 111 cm³/mol. The third-order valence-electron chi connectivity index (χ3n) is 5.03. The second kappa shape index (κ2) is 8.71. The number of anilines is 1. The summed E-state index contributed by atoms with van der Waals surface area (Å²) < 4.78 is 0. The standard InChI is InChI=1S/C24H29N/c1-2-3-4-5-6-8-16-21-18-20-15-11-12-17-22(20)24(25)23(21)19-13-9-7-10-14-19/h7,9-15,17-18H,2-6,8,16,25H2,1H3. The molecular formula is C24H29N. The number of nitrogens with two attached hydrogens (primary N) is 1. The van der Waals surface area contributed by atoms with E-state index in [1.807, 2.05) is 0 Å². The lowest BCUT2D eigenvalue weighted by atomic mass is 9.90. The first kappa shape index (κ1) is 17.5. The SMILES string of the molecule is CCCCCCCCc1cc2ccccc2c(N)c1-c1ccccc1. The maximum Gasteiger partial charge on any atom is 0.0476 e. The zero-order valence-corrected chi connectivity index (χ0v) is 15.3. The van der Waals surface area contributed by atoms with Gasteiger partial charge in [-0.1, -0.05) is 99.7 Å². The summed E-state index contributed by atoms with van der Waals surface area (Å²) in [5.74, 6) is 0. The highest BCUT2D eigenvalue weighted by Gasteiger charge is 2.12. The van der Waals surface area contributed by atoms with Gasteiger partial charge in [-0.15, -0.1) is 0 Å². The Bertz CT molecular complexity index is 805. The second-order valence-electron chi connectivity index (χ2n) is 6.93. The molecule has 0 saturated heterocycles. The van der Waals surface area contributed by atoms with Crippen LogP contribution in [0.25, 0.3) is 21.9 Å². The van der Waals surface area contributed by atoms with Crippen LogP contribution in [0.1, 0.15) is 51.0 Å². The number of rotatable bonds is 8. The molecule has 0 aliphatic rings. The van der Waals surface area contributed by atoms with Gasteiger partial charge in [-0.2, -0.15) is 0 Å². The molecule has 1 heteroatoms. The van der Waals surface area contributed by atoms with Crippen LogP contribution in [0.4, 0.5) is 5.69 Å². The summed E-state index contributed by atoms with van der Waals surface area (Å²) in [4.78, 5) is 0. The van der Waals surface area contributed by atoms with Crippen LogP contribution in [0, 0.1) is 0 Å². The molecule has 3 aromatic carbocycles. The van der Waals surface area contributed by atoms with Gasteiger partial charge in [0, 0.05) is 16.6 Å². The van der Waals surface area contributed by atoms with Gasteiger partial charge in [0.15, 0.2) is 0 Å². The van der Waals surface area contributed by atoms with Crippen LogP contribution in [0.3, 0.4) is 0 Å². The maximum atomic E-state index is 6.62. The monoisotopic (exact) mass is 331 g/mol. The Morgan fingerprint density at radius 1 is 0.760 bits per heavy atom. The minimum Gasteiger partial charge on any atom is -0.398 e. The van der Waals surface area contributed by atoms with Crippen LogP contribution in [0.5, 0.6) is 0 Å². The molecule has 0 bridgehead atoms. The van der Waals surface area contributed by atoms with Crippen molar-refractivity contribution in [2.24, 2.45) is 0 Å². The summed E-state index contributed by atoms with van der Waals surface area (Å²) in [5, 5.41) is 2.41. The second-order valence-corrected chi connectivity index (χ2v) is 6.93. The third-order valence-corrected chi connectivity index (χ3v) is 5.03. The highest BCUT2D eigenvalue weighted by Crippen LogP contribution is 2.36. The number of hydrogen-bond acceptors (Lipinski definition) is 1. The molecule has 0 radical (unpaired) electrons. The number of unbranched alkanes of at least 4 members (excludes halogenated alkanes) is 5. The smallest absolute Gasteiger partial charge is 0.0476 e. The fourth-order valence-corrected chi connectivity index (χ4v) is 3.67. The highest BCUT2D eigenvalue weighted by molar-refractivity contribution is 6.02.